The summed E-state index contributed by atoms with van der Waals surface area (Å²) in [6, 6.07) is 11.2. The third-order valence-corrected chi connectivity index (χ3v) is 3.87. The van der Waals surface area contributed by atoms with Gasteiger partial charge in [-0.25, -0.2) is 0 Å². The minimum absolute atomic E-state index is 0.493. The lowest BCUT2D eigenvalue weighted by Crippen LogP contribution is -2.18. The lowest BCUT2D eigenvalue weighted by molar-refractivity contribution is 0.661. The maximum atomic E-state index is 3.39. The van der Waals surface area contributed by atoms with Crippen molar-refractivity contribution in [2.45, 2.75) is 32.2 Å². The molecule has 2 heteroatoms. The molecule has 0 amide bonds. The van der Waals surface area contributed by atoms with Gasteiger partial charge in [-0.3, -0.25) is 0 Å². The number of unbranched alkanes of at least 4 members (excludes halogenated alkanes) is 2. The average molecular weight is 237 g/mol. The van der Waals surface area contributed by atoms with Gasteiger partial charge in [0.2, 0.25) is 0 Å². The van der Waals surface area contributed by atoms with E-state index >= 15 is 0 Å². The molecule has 0 radical (unpaired) electrons. The van der Waals surface area contributed by atoms with Gasteiger partial charge < -0.3 is 5.32 Å². The second-order valence-corrected chi connectivity index (χ2v) is 5.18. The van der Waals surface area contributed by atoms with Gasteiger partial charge in [0.1, 0.15) is 0 Å². The topological polar surface area (TPSA) is 12.0 Å². The van der Waals surface area contributed by atoms with Crippen LogP contribution in [-0.2, 0) is 0 Å². The van der Waals surface area contributed by atoms with E-state index in [9.17, 15) is 0 Å². The van der Waals surface area contributed by atoms with Gasteiger partial charge in [-0.1, -0.05) is 50.1 Å². The van der Waals surface area contributed by atoms with Crippen LogP contribution in [0.15, 0.2) is 30.3 Å². The minimum Gasteiger partial charge on any atom is -0.312 e. The number of hydrogen-bond acceptors (Lipinski definition) is 2. The Hall–Kier alpha value is -0.470. The van der Waals surface area contributed by atoms with Crippen LogP contribution in [0.5, 0.6) is 0 Å². The van der Waals surface area contributed by atoms with Gasteiger partial charge in [0, 0.05) is 11.8 Å². The normalized spacial score (nSPS) is 12.6. The molecule has 1 atom stereocenters. The smallest absolute Gasteiger partial charge is 0.0409 e. The molecule has 0 aromatic heterocycles. The van der Waals surface area contributed by atoms with Crippen LogP contribution in [0, 0.1) is 0 Å². The summed E-state index contributed by atoms with van der Waals surface area (Å²) >= 11 is 2.06. The molecule has 1 aromatic carbocycles. The predicted octanol–water partition coefficient (Wildman–Crippen LogP) is 3.87. The molecule has 0 saturated heterocycles. The number of thioether (sulfide) groups is 1. The Balaban J connectivity index is 2.27. The van der Waals surface area contributed by atoms with E-state index in [4.69, 9.17) is 0 Å². The highest BCUT2D eigenvalue weighted by Crippen LogP contribution is 2.18. The summed E-state index contributed by atoms with van der Waals surface area (Å²) in [7, 11) is 2.05. The zero-order valence-corrected chi connectivity index (χ0v) is 11.2. The van der Waals surface area contributed by atoms with Gasteiger partial charge in [0.25, 0.3) is 0 Å². The van der Waals surface area contributed by atoms with Gasteiger partial charge >= 0.3 is 0 Å². The van der Waals surface area contributed by atoms with E-state index in [2.05, 4.69) is 54.3 Å². The Morgan fingerprint density at radius 2 is 1.94 bits per heavy atom. The van der Waals surface area contributed by atoms with Crippen LogP contribution >= 0.6 is 11.8 Å². The molecule has 1 rings (SSSR count). The molecule has 0 aliphatic rings. The van der Waals surface area contributed by atoms with Gasteiger partial charge in [0.15, 0.2) is 0 Å². The highest BCUT2D eigenvalue weighted by atomic mass is 32.2. The molecule has 1 aromatic rings. The van der Waals surface area contributed by atoms with Gasteiger partial charge in [-0.15, -0.1) is 0 Å². The third kappa shape index (κ3) is 5.04. The lowest BCUT2D eigenvalue weighted by atomic mass is 10.1. The van der Waals surface area contributed by atoms with E-state index in [1.54, 1.807) is 0 Å². The van der Waals surface area contributed by atoms with Crippen molar-refractivity contribution >= 4 is 11.8 Å². The minimum atomic E-state index is 0.493. The van der Waals surface area contributed by atoms with Crippen molar-refractivity contribution in [3.05, 3.63) is 35.9 Å². The van der Waals surface area contributed by atoms with E-state index in [1.807, 2.05) is 7.05 Å². The van der Waals surface area contributed by atoms with Crippen molar-refractivity contribution in [2.75, 3.05) is 18.6 Å². The fourth-order valence-corrected chi connectivity index (χ4v) is 2.86. The Labute approximate surface area is 104 Å². The predicted molar refractivity (Wildman–Crippen MR) is 75.1 cm³/mol. The van der Waals surface area contributed by atoms with Crippen LogP contribution in [0.2, 0.25) is 0 Å². The molecule has 0 heterocycles. The molecular formula is C14H23NS. The first kappa shape index (κ1) is 13.6. The molecule has 0 aliphatic carbocycles. The molecule has 90 valence electrons. The van der Waals surface area contributed by atoms with Crippen molar-refractivity contribution in [1.29, 1.82) is 0 Å². The molecule has 16 heavy (non-hydrogen) atoms. The van der Waals surface area contributed by atoms with E-state index in [1.165, 1.54) is 36.3 Å². The number of nitrogens with one attached hydrogen (secondary N) is 1. The number of hydrogen-bond donors (Lipinski definition) is 1. The first-order valence-electron chi connectivity index (χ1n) is 6.18. The zero-order valence-electron chi connectivity index (χ0n) is 10.4. The quantitative estimate of drug-likeness (QED) is 0.689. The van der Waals surface area contributed by atoms with E-state index < -0.39 is 0 Å². The van der Waals surface area contributed by atoms with Crippen molar-refractivity contribution in [2.24, 2.45) is 0 Å². The standard InChI is InChI=1S/C14H23NS/c1-3-4-8-11-16-12-14(15-2)13-9-6-5-7-10-13/h5-7,9-10,14-15H,3-4,8,11-12H2,1-2H3. The van der Waals surface area contributed by atoms with Crippen LogP contribution in [0.25, 0.3) is 0 Å². The average Bonchev–Trinajstić information content (AvgIpc) is 2.35. The van der Waals surface area contributed by atoms with Crippen molar-refractivity contribution in [3.8, 4) is 0 Å². The molecule has 0 aliphatic heterocycles. The third-order valence-electron chi connectivity index (χ3n) is 2.73. The summed E-state index contributed by atoms with van der Waals surface area (Å²) in [6.07, 6.45) is 4.03. The SMILES string of the molecule is CCCCCSCC(NC)c1ccccc1. The highest BCUT2D eigenvalue weighted by molar-refractivity contribution is 7.99. The first-order valence-corrected chi connectivity index (χ1v) is 7.34. The molecule has 0 bridgehead atoms. The summed E-state index contributed by atoms with van der Waals surface area (Å²) in [6.45, 7) is 2.25. The summed E-state index contributed by atoms with van der Waals surface area (Å²) in [5.41, 5.74) is 1.40. The fraction of sp³-hybridized carbons (Fsp3) is 0.571. The van der Waals surface area contributed by atoms with Gasteiger partial charge in [0.05, 0.1) is 0 Å². The fourth-order valence-electron chi connectivity index (χ4n) is 1.69. The van der Waals surface area contributed by atoms with Crippen LogP contribution < -0.4 is 5.32 Å². The van der Waals surface area contributed by atoms with E-state index in [-0.39, 0.29) is 0 Å². The Bertz CT molecular complexity index is 261. The second-order valence-electron chi connectivity index (χ2n) is 4.03. The lowest BCUT2D eigenvalue weighted by Gasteiger charge is -2.16. The second kappa shape index (κ2) is 8.66. The number of rotatable bonds is 8. The zero-order chi connectivity index (χ0) is 11.6. The highest BCUT2D eigenvalue weighted by Gasteiger charge is 2.07. The van der Waals surface area contributed by atoms with E-state index in [0.717, 1.165) is 0 Å². The Morgan fingerprint density at radius 1 is 1.19 bits per heavy atom. The Morgan fingerprint density at radius 3 is 2.56 bits per heavy atom. The number of benzene rings is 1. The molecule has 0 fully saturated rings. The van der Waals surface area contributed by atoms with Gasteiger partial charge in [-0.2, -0.15) is 11.8 Å². The maximum Gasteiger partial charge on any atom is 0.0409 e. The molecular weight excluding hydrogens is 214 g/mol. The molecule has 1 unspecified atom stereocenters. The van der Waals surface area contributed by atoms with Crippen molar-refractivity contribution < 1.29 is 0 Å². The molecule has 1 nitrogen and oxygen atoms in total. The van der Waals surface area contributed by atoms with Crippen LogP contribution in [-0.4, -0.2) is 18.6 Å². The summed E-state index contributed by atoms with van der Waals surface area (Å²) < 4.78 is 0. The molecule has 0 saturated carbocycles. The first-order chi connectivity index (χ1) is 7.88. The summed E-state index contributed by atoms with van der Waals surface area (Å²) in [4.78, 5) is 0. The molecule has 1 N–H and O–H groups in total. The largest absolute Gasteiger partial charge is 0.312 e. The molecule has 0 spiro atoms. The summed E-state index contributed by atoms with van der Waals surface area (Å²) in [5, 5.41) is 3.39. The van der Waals surface area contributed by atoms with Crippen LogP contribution in [0.4, 0.5) is 0 Å². The van der Waals surface area contributed by atoms with Crippen LogP contribution in [0.1, 0.15) is 37.8 Å². The van der Waals surface area contributed by atoms with Gasteiger partial charge in [-0.05, 0) is 24.8 Å². The maximum absolute atomic E-state index is 3.39. The Kier molecular flexibility index (Phi) is 7.35. The summed E-state index contributed by atoms with van der Waals surface area (Å²) in [5.74, 6) is 2.46. The van der Waals surface area contributed by atoms with E-state index in [0.29, 0.717) is 6.04 Å². The van der Waals surface area contributed by atoms with Crippen LogP contribution in [0.3, 0.4) is 0 Å². The van der Waals surface area contributed by atoms with Crippen molar-refractivity contribution in [1.82, 2.24) is 5.32 Å². The van der Waals surface area contributed by atoms with Crippen molar-refractivity contribution in [3.63, 3.8) is 0 Å². The monoisotopic (exact) mass is 237 g/mol.